The van der Waals surface area contributed by atoms with Crippen molar-refractivity contribution in [1.82, 2.24) is 0 Å². The normalized spacial score (nSPS) is 20.9. The third-order valence-corrected chi connectivity index (χ3v) is 15.1. The van der Waals surface area contributed by atoms with E-state index < -0.39 is 16.8 Å². The van der Waals surface area contributed by atoms with Crippen LogP contribution in [0.2, 0.25) is 13.1 Å². The Balaban J connectivity index is 1.92. The van der Waals surface area contributed by atoms with Crippen molar-refractivity contribution in [2.24, 2.45) is 0 Å². The van der Waals surface area contributed by atoms with E-state index in [1.54, 1.807) is 0 Å². The lowest BCUT2D eigenvalue weighted by Gasteiger charge is -2.67. The van der Waals surface area contributed by atoms with E-state index in [0.717, 1.165) is 22.7 Å². The average molecular weight is 561 g/mol. The van der Waals surface area contributed by atoms with Gasteiger partial charge in [-0.25, -0.2) is 0 Å². The lowest BCUT2D eigenvalue weighted by atomic mass is 10.2. The fraction of sp³-hybridized carbons (Fsp3) is 0.176. The molecule has 1 fully saturated rings. The molecule has 1 aliphatic heterocycles. The predicted octanol–water partition coefficient (Wildman–Crippen LogP) is 8.68. The lowest BCUT2D eigenvalue weighted by molar-refractivity contribution is 0.906. The highest BCUT2D eigenvalue weighted by atomic mass is 28.4. The van der Waals surface area contributed by atoms with Gasteiger partial charge in [-0.1, -0.05) is 59.9 Å². The molecule has 0 aliphatic carbocycles. The van der Waals surface area contributed by atoms with Gasteiger partial charge >= 0.3 is 16.8 Å². The molecule has 6 heteroatoms. The molecule has 0 amide bonds. The summed E-state index contributed by atoms with van der Waals surface area (Å²) < 4.78 is 10.3. The van der Waals surface area contributed by atoms with Gasteiger partial charge in [0.2, 0.25) is 0 Å². The minimum Gasteiger partial charge on any atom is -0.292 e. The lowest BCUT2D eigenvalue weighted by Crippen LogP contribution is -2.88. The van der Waals surface area contributed by atoms with E-state index in [-0.39, 0.29) is 0 Å². The second-order valence-corrected chi connectivity index (χ2v) is 18.1. The fourth-order valence-corrected chi connectivity index (χ4v) is 14.1. The maximum Gasteiger partial charge on any atom is 0.324 e. The Morgan fingerprint density at radius 3 is 0.850 bits per heavy atom. The third kappa shape index (κ3) is 4.57. The maximum absolute atomic E-state index is 4.53. The number of anilines is 4. The summed E-state index contributed by atoms with van der Waals surface area (Å²) >= 11 is 0. The largest absolute Gasteiger partial charge is 0.324 e. The molecular weight excluding hydrogens is 521 g/mol. The first kappa shape index (κ1) is 27.6. The molecule has 4 nitrogen and oxygen atoms in total. The molecule has 1 aliphatic rings. The summed E-state index contributed by atoms with van der Waals surface area (Å²) in [6.45, 7) is 22.5. The van der Waals surface area contributed by atoms with Crippen LogP contribution >= 0.6 is 0 Å². The summed E-state index contributed by atoms with van der Waals surface area (Å²) in [4.78, 5) is 0. The van der Waals surface area contributed by atoms with E-state index in [1.807, 2.05) is 0 Å². The van der Waals surface area contributed by atoms with Crippen molar-refractivity contribution in [2.75, 3.05) is 18.7 Å². The minimum absolute atomic E-state index is 1.16. The Hall–Kier alpha value is -4.01. The monoisotopic (exact) mass is 560 g/mol. The highest BCUT2D eigenvalue weighted by Crippen LogP contribution is 2.45. The molecule has 0 atom stereocenters. The van der Waals surface area contributed by atoms with Gasteiger partial charge in [-0.2, -0.15) is 0 Å². The molecule has 0 spiro atoms. The molecule has 1 heterocycles. The number of rotatable bonds is 6. The molecule has 1 saturated heterocycles. The first-order chi connectivity index (χ1) is 19.1. The van der Waals surface area contributed by atoms with Crippen LogP contribution in [0.4, 0.5) is 22.7 Å². The molecule has 0 radical (unpaired) electrons. The Kier molecular flexibility index (Phi) is 7.25. The van der Waals surface area contributed by atoms with Gasteiger partial charge in [-0.05, 0) is 112 Å². The Bertz CT molecular complexity index is 1350. The molecule has 4 aromatic rings. The quantitative estimate of drug-likeness (QED) is 0.219. The van der Waals surface area contributed by atoms with Crippen molar-refractivity contribution in [2.45, 2.75) is 40.8 Å². The van der Waals surface area contributed by atoms with E-state index in [0.29, 0.717) is 0 Å². The van der Waals surface area contributed by atoms with Crippen LogP contribution in [-0.2, 0) is 0 Å². The molecule has 40 heavy (non-hydrogen) atoms. The molecule has 0 saturated carbocycles. The van der Waals surface area contributed by atoms with Crippen LogP contribution in [0, 0.1) is 27.7 Å². The van der Waals surface area contributed by atoms with Crippen molar-refractivity contribution in [1.29, 1.82) is 0 Å². The molecule has 0 N–H and O–H groups in total. The predicted molar refractivity (Wildman–Crippen MR) is 178 cm³/mol. The molecule has 0 aromatic heterocycles. The van der Waals surface area contributed by atoms with Crippen molar-refractivity contribution in [3.63, 3.8) is 0 Å². The van der Waals surface area contributed by atoms with Gasteiger partial charge < -0.3 is 0 Å². The summed E-state index contributed by atoms with van der Waals surface area (Å²) in [5.74, 6) is 0. The average Bonchev–Trinajstić information content (AvgIpc) is 2.93. The van der Waals surface area contributed by atoms with Crippen LogP contribution in [0.25, 0.3) is 0 Å². The SMILES string of the molecule is C=C[Si]1(C)N(c2cccc(C)c2)N(c2cccc(C)c2)[Si](C)(C=C)N(c2cccc(C)c2)N1c1cccc(C)c1. The second-order valence-electron chi connectivity index (χ2n) is 11.2. The Morgan fingerprint density at radius 2 is 0.675 bits per heavy atom. The molecule has 0 unspecified atom stereocenters. The number of benzene rings is 4. The third-order valence-electron chi connectivity index (χ3n) is 7.87. The minimum atomic E-state index is -2.76. The van der Waals surface area contributed by atoms with Gasteiger partial charge in [-0.3, -0.25) is 18.7 Å². The first-order valence-corrected chi connectivity index (χ1v) is 18.8. The number of hydrogen-bond donors (Lipinski definition) is 0. The molecule has 204 valence electrons. The summed E-state index contributed by atoms with van der Waals surface area (Å²) in [5.41, 5.74) is 14.0. The van der Waals surface area contributed by atoms with E-state index in [4.69, 9.17) is 0 Å². The van der Waals surface area contributed by atoms with E-state index >= 15 is 0 Å². The summed E-state index contributed by atoms with van der Waals surface area (Å²) in [5, 5.41) is 0. The van der Waals surface area contributed by atoms with Crippen LogP contribution in [0.3, 0.4) is 0 Å². The maximum atomic E-state index is 4.53. The number of aryl methyl sites for hydroxylation is 4. The van der Waals surface area contributed by atoms with Crippen molar-refractivity contribution in [3.8, 4) is 0 Å². The van der Waals surface area contributed by atoms with Gasteiger partial charge in [0.05, 0.1) is 0 Å². The Labute approximate surface area is 242 Å². The molecule has 0 bridgehead atoms. The zero-order chi connectivity index (χ0) is 28.7. The molecular formula is C34H40N4Si2. The van der Waals surface area contributed by atoms with Crippen molar-refractivity contribution < 1.29 is 0 Å². The smallest absolute Gasteiger partial charge is 0.292 e. The van der Waals surface area contributed by atoms with Gasteiger partial charge in [0, 0.05) is 22.7 Å². The summed E-state index contributed by atoms with van der Waals surface area (Å²) in [6, 6.07) is 35.4. The molecule has 4 aromatic carbocycles. The van der Waals surface area contributed by atoms with Gasteiger partial charge in [-0.15, -0.1) is 13.2 Å². The van der Waals surface area contributed by atoms with Crippen LogP contribution < -0.4 is 18.7 Å². The van der Waals surface area contributed by atoms with Gasteiger partial charge in [0.25, 0.3) is 0 Å². The standard InChI is InChI=1S/C34H40N4Si2/c1-9-39(7)35(31-19-11-15-27(3)23-31)37(33-21-13-17-29(5)25-33)40(8,10-2)38(34-22-14-18-30(6)26-34)36(39)32-20-12-16-28(4)24-32/h9-26H,1-2H2,3-8H3. The number of nitrogens with zero attached hydrogens (tertiary/aromatic N) is 4. The molecule has 5 rings (SSSR count). The van der Waals surface area contributed by atoms with Crippen LogP contribution in [0.5, 0.6) is 0 Å². The highest BCUT2D eigenvalue weighted by Gasteiger charge is 2.60. The van der Waals surface area contributed by atoms with E-state index in [1.165, 1.54) is 22.3 Å². The van der Waals surface area contributed by atoms with Crippen LogP contribution in [0.1, 0.15) is 22.3 Å². The zero-order valence-electron chi connectivity index (χ0n) is 24.6. The van der Waals surface area contributed by atoms with Gasteiger partial charge in [0.1, 0.15) is 0 Å². The Morgan fingerprint density at radius 1 is 0.450 bits per heavy atom. The topological polar surface area (TPSA) is 13.0 Å². The summed E-state index contributed by atoms with van der Waals surface area (Å²) in [6.07, 6.45) is 0. The van der Waals surface area contributed by atoms with Crippen molar-refractivity contribution in [3.05, 3.63) is 144 Å². The van der Waals surface area contributed by atoms with Crippen molar-refractivity contribution >= 4 is 39.5 Å². The zero-order valence-corrected chi connectivity index (χ0v) is 26.6. The van der Waals surface area contributed by atoms with Crippen LogP contribution in [0.15, 0.2) is 122 Å². The highest BCUT2D eigenvalue weighted by molar-refractivity contribution is 7.01. The van der Waals surface area contributed by atoms with Gasteiger partial charge in [0.15, 0.2) is 0 Å². The summed E-state index contributed by atoms with van der Waals surface area (Å²) in [7, 11) is -5.52. The number of hydrogen-bond acceptors (Lipinski definition) is 4. The van der Waals surface area contributed by atoms with E-state index in [9.17, 15) is 0 Å². The second kappa shape index (κ2) is 10.5. The van der Waals surface area contributed by atoms with Crippen LogP contribution in [-0.4, -0.2) is 16.8 Å². The number of hydrazine groups is 2. The van der Waals surface area contributed by atoms with E-state index in [2.05, 4.69) is 181 Å². The first-order valence-electron chi connectivity index (χ1n) is 13.9. The fourth-order valence-electron chi connectivity index (χ4n) is 5.88.